The number of anilines is 1. The highest BCUT2D eigenvalue weighted by atomic mass is 16.3. The van der Waals surface area contributed by atoms with Crippen LogP contribution in [0.5, 0.6) is 5.75 Å². The monoisotopic (exact) mass is 262 g/mol. The van der Waals surface area contributed by atoms with E-state index in [2.05, 4.69) is 23.2 Å². The largest absolute Gasteiger partial charge is 0.508 e. The van der Waals surface area contributed by atoms with E-state index in [1.54, 1.807) is 0 Å². The Morgan fingerprint density at radius 3 is 2.32 bits per heavy atom. The fraction of sp³-hybridized carbons (Fsp3) is 0.625. The summed E-state index contributed by atoms with van der Waals surface area (Å²) in [4.78, 5) is 2.41. The average molecular weight is 262 g/mol. The summed E-state index contributed by atoms with van der Waals surface area (Å²) in [5.74, 6) is 0.404. The number of phenolic OH excluding ortho intramolecular Hbond substituents is 1. The van der Waals surface area contributed by atoms with Crippen molar-refractivity contribution in [3.05, 3.63) is 23.8 Å². The molecule has 1 aromatic carbocycles. The fourth-order valence-electron chi connectivity index (χ4n) is 2.76. The van der Waals surface area contributed by atoms with E-state index in [9.17, 15) is 5.11 Å². The van der Waals surface area contributed by atoms with Crippen LogP contribution < -0.4 is 10.2 Å². The van der Waals surface area contributed by atoms with Crippen molar-refractivity contribution in [1.82, 2.24) is 5.32 Å². The summed E-state index contributed by atoms with van der Waals surface area (Å²) in [7, 11) is 1.91. The van der Waals surface area contributed by atoms with Gasteiger partial charge >= 0.3 is 0 Å². The first-order valence-corrected chi connectivity index (χ1v) is 7.47. The second-order valence-electron chi connectivity index (χ2n) is 5.51. The highest BCUT2D eigenvalue weighted by molar-refractivity contribution is 5.54. The van der Waals surface area contributed by atoms with Crippen LogP contribution >= 0.6 is 0 Å². The lowest BCUT2D eigenvalue weighted by Crippen LogP contribution is -2.27. The van der Waals surface area contributed by atoms with Crippen LogP contribution in [0.15, 0.2) is 18.2 Å². The molecule has 1 heterocycles. The molecular weight excluding hydrogens is 236 g/mol. The van der Waals surface area contributed by atoms with Gasteiger partial charge in [-0.3, -0.25) is 0 Å². The van der Waals surface area contributed by atoms with Crippen LogP contribution in [-0.2, 0) is 0 Å². The molecule has 1 saturated heterocycles. The lowest BCUT2D eigenvalue weighted by Gasteiger charge is -2.27. The van der Waals surface area contributed by atoms with Crippen LogP contribution in [-0.4, -0.2) is 25.2 Å². The Morgan fingerprint density at radius 1 is 1.11 bits per heavy atom. The number of hydrogen-bond acceptors (Lipinski definition) is 3. The van der Waals surface area contributed by atoms with Gasteiger partial charge in [-0.2, -0.15) is 0 Å². The van der Waals surface area contributed by atoms with E-state index >= 15 is 0 Å². The molecule has 1 aliphatic rings. The first-order chi connectivity index (χ1) is 9.22. The lowest BCUT2D eigenvalue weighted by molar-refractivity contribution is 0.457. The molecule has 0 bridgehead atoms. The lowest BCUT2D eigenvalue weighted by atomic mass is 10.0. The van der Waals surface area contributed by atoms with Crippen molar-refractivity contribution in [2.24, 2.45) is 0 Å². The van der Waals surface area contributed by atoms with Gasteiger partial charge in [-0.05, 0) is 32.9 Å². The Morgan fingerprint density at radius 2 is 1.74 bits per heavy atom. The molecule has 1 fully saturated rings. The first-order valence-electron chi connectivity index (χ1n) is 7.47. The Balaban J connectivity index is 2.13. The van der Waals surface area contributed by atoms with Crippen molar-refractivity contribution in [2.75, 3.05) is 25.0 Å². The van der Waals surface area contributed by atoms with Crippen LogP contribution in [0.3, 0.4) is 0 Å². The van der Waals surface area contributed by atoms with E-state index < -0.39 is 0 Å². The number of phenols is 1. The Labute approximate surface area is 116 Å². The van der Waals surface area contributed by atoms with Gasteiger partial charge in [0.1, 0.15) is 5.75 Å². The van der Waals surface area contributed by atoms with E-state index in [4.69, 9.17) is 0 Å². The Hall–Kier alpha value is -1.22. The third-order valence-corrected chi connectivity index (χ3v) is 4.13. The molecule has 1 atom stereocenters. The summed E-state index contributed by atoms with van der Waals surface area (Å²) in [6.45, 7) is 4.28. The van der Waals surface area contributed by atoms with Gasteiger partial charge in [0.05, 0.1) is 0 Å². The van der Waals surface area contributed by atoms with Gasteiger partial charge in [0, 0.05) is 36.4 Å². The summed E-state index contributed by atoms with van der Waals surface area (Å²) in [5, 5.41) is 13.3. The minimum absolute atomic E-state index is 0.182. The van der Waals surface area contributed by atoms with Crippen LogP contribution in [0.25, 0.3) is 0 Å². The molecule has 0 aromatic heterocycles. The number of benzene rings is 1. The van der Waals surface area contributed by atoms with Crippen molar-refractivity contribution < 1.29 is 5.11 Å². The Kier molecular flexibility index (Phi) is 5.08. The summed E-state index contributed by atoms with van der Waals surface area (Å²) < 4.78 is 0. The smallest absolute Gasteiger partial charge is 0.122 e. The van der Waals surface area contributed by atoms with Gasteiger partial charge in [0.15, 0.2) is 0 Å². The summed E-state index contributed by atoms with van der Waals surface area (Å²) in [5.41, 5.74) is 2.13. The zero-order valence-electron chi connectivity index (χ0n) is 12.2. The second kappa shape index (κ2) is 6.80. The summed E-state index contributed by atoms with van der Waals surface area (Å²) in [6, 6.07) is 6.29. The number of rotatable bonds is 3. The molecule has 3 heteroatoms. The maximum Gasteiger partial charge on any atom is 0.122 e. The zero-order chi connectivity index (χ0) is 13.7. The minimum Gasteiger partial charge on any atom is -0.508 e. The van der Waals surface area contributed by atoms with Crippen LogP contribution in [0, 0.1) is 0 Å². The number of hydrogen-bond donors (Lipinski definition) is 2. The van der Waals surface area contributed by atoms with Crippen molar-refractivity contribution >= 4 is 5.69 Å². The second-order valence-corrected chi connectivity index (χ2v) is 5.51. The number of nitrogens with one attached hydrogen (secondary N) is 1. The van der Waals surface area contributed by atoms with Crippen molar-refractivity contribution in [3.8, 4) is 5.75 Å². The van der Waals surface area contributed by atoms with E-state index in [0.717, 1.165) is 24.3 Å². The van der Waals surface area contributed by atoms with Gasteiger partial charge in [-0.25, -0.2) is 0 Å². The third-order valence-electron chi connectivity index (χ3n) is 4.13. The maximum atomic E-state index is 10.2. The molecule has 1 aromatic rings. The topological polar surface area (TPSA) is 35.5 Å². The van der Waals surface area contributed by atoms with Crippen molar-refractivity contribution in [2.45, 2.75) is 45.1 Å². The molecule has 19 heavy (non-hydrogen) atoms. The van der Waals surface area contributed by atoms with E-state index in [1.165, 1.54) is 32.1 Å². The summed E-state index contributed by atoms with van der Waals surface area (Å²) >= 11 is 0. The highest BCUT2D eigenvalue weighted by Gasteiger charge is 2.13. The molecule has 0 spiro atoms. The number of nitrogens with zero attached hydrogens (tertiary/aromatic N) is 1. The molecule has 0 saturated carbocycles. The SMILES string of the molecule is CNC(C)c1ccc(N2CCCCCCC2)cc1O. The van der Waals surface area contributed by atoms with Gasteiger partial charge in [0.25, 0.3) is 0 Å². The number of aromatic hydroxyl groups is 1. The fourth-order valence-corrected chi connectivity index (χ4v) is 2.76. The van der Waals surface area contributed by atoms with Crippen LogP contribution in [0.2, 0.25) is 0 Å². The molecule has 3 nitrogen and oxygen atoms in total. The standard InChI is InChI=1S/C16H26N2O/c1-13(17-2)15-9-8-14(12-16(15)19)18-10-6-4-3-5-7-11-18/h8-9,12-13,17,19H,3-7,10-11H2,1-2H3. The van der Waals surface area contributed by atoms with E-state index in [-0.39, 0.29) is 6.04 Å². The molecular formula is C16H26N2O. The molecule has 0 radical (unpaired) electrons. The molecule has 1 unspecified atom stereocenters. The van der Waals surface area contributed by atoms with Crippen molar-refractivity contribution in [1.29, 1.82) is 0 Å². The molecule has 1 aliphatic heterocycles. The third kappa shape index (κ3) is 3.63. The van der Waals surface area contributed by atoms with Gasteiger partial charge < -0.3 is 15.3 Å². The predicted molar refractivity (Wildman–Crippen MR) is 80.9 cm³/mol. The van der Waals surface area contributed by atoms with Gasteiger partial charge in [0.2, 0.25) is 0 Å². The maximum absolute atomic E-state index is 10.2. The molecule has 106 valence electrons. The normalized spacial score (nSPS) is 18.7. The minimum atomic E-state index is 0.182. The summed E-state index contributed by atoms with van der Waals surface area (Å²) in [6.07, 6.45) is 6.55. The molecule has 2 N–H and O–H groups in total. The molecule has 0 amide bonds. The molecule has 2 rings (SSSR count). The first kappa shape index (κ1) is 14.2. The molecule has 0 aliphatic carbocycles. The predicted octanol–water partition coefficient (Wildman–Crippen LogP) is 3.44. The van der Waals surface area contributed by atoms with Gasteiger partial charge in [-0.1, -0.05) is 25.3 Å². The Bertz CT molecular complexity index is 398. The van der Waals surface area contributed by atoms with E-state index in [1.807, 2.05) is 19.2 Å². The van der Waals surface area contributed by atoms with Crippen LogP contribution in [0.1, 0.15) is 50.6 Å². The van der Waals surface area contributed by atoms with Crippen molar-refractivity contribution in [3.63, 3.8) is 0 Å². The zero-order valence-corrected chi connectivity index (χ0v) is 12.2. The van der Waals surface area contributed by atoms with Crippen LogP contribution in [0.4, 0.5) is 5.69 Å². The quantitative estimate of drug-likeness (QED) is 0.876. The van der Waals surface area contributed by atoms with Gasteiger partial charge in [-0.15, -0.1) is 0 Å². The highest BCUT2D eigenvalue weighted by Crippen LogP contribution is 2.29. The van der Waals surface area contributed by atoms with E-state index in [0.29, 0.717) is 5.75 Å². The average Bonchev–Trinajstić information content (AvgIpc) is 2.37.